The van der Waals surface area contributed by atoms with E-state index < -0.39 is 0 Å². The number of hydrogen-bond donors (Lipinski definition) is 1. The topological polar surface area (TPSA) is 82.0 Å². The van der Waals surface area contributed by atoms with Gasteiger partial charge in [-0.2, -0.15) is 0 Å². The van der Waals surface area contributed by atoms with Gasteiger partial charge in [-0.05, 0) is 38.8 Å². The minimum Gasteiger partial charge on any atom is -0.486 e. The summed E-state index contributed by atoms with van der Waals surface area (Å²) in [5.41, 5.74) is 1.36. The van der Waals surface area contributed by atoms with Gasteiger partial charge in [0.15, 0.2) is 23.0 Å². The molecule has 2 aromatic rings. The monoisotopic (exact) mass is 509 g/mol. The largest absolute Gasteiger partial charge is 0.486 e. The van der Waals surface area contributed by atoms with Crippen LogP contribution in [0.15, 0.2) is 35.1 Å². The van der Waals surface area contributed by atoms with Crippen LogP contribution in [0.25, 0.3) is 0 Å². The number of aryl methyl sites for hydroxylation is 1. The summed E-state index contributed by atoms with van der Waals surface area (Å²) in [6.07, 6.45) is 6.70. The summed E-state index contributed by atoms with van der Waals surface area (Å²) in [5, 5.41) is 3.19. The lowest BCUT2D eigenvalue weighted by molar-refractivity contribution is -0.0281. The standard InChI is InChI=1S/C29H39N3O5/c1-21-17-24(33)27(22(2)32(21)18-23-19-36-25-9-5-6-10-26(25)37-23)28(34)30-20-29(11-7-3-4-8-12-29)31-13-15-35-16-14-31/h5-6,9-10,17,23H,3-4,7-8,11-16,18-20H2,1-2H3,(H,30,34). The second kappa shape index (κ2) is 11.3. The fourth-order valence-electron chi connectivity index (χ4n) is 6.19. The van der Waals surface area contributed by atoms with Crippen LogP contribution in [-0.4, -0.2) is 66.5 Å². The molecule has 2 aliphatic heterocycles. The predicted molar refractivity (Wildman–Crippen MR) is 142 cm³/mol. The zero-order chi connectivity index (χ0) is 25.8. The molecule has 3 heterocycles. The highest BCUT2D eigenvalue weighted by molar-refractivity contribution is 5.95. The Bertz CT molecular complexity index is 1160. The predicted octanol–water partition coefficient (Wildman–Crippen LogP) is 3.46. The molecule has 3 aliphatic rings. The van der Waals surface area contributed by atoms with Crippen molar-refractivity contribution in [2.24, 2.45) is 0 Å². The molecule has 1 N–H and O–H groups in total. The molecule has 1 aromatic heterocycles. The van der Waals surface area contributed by atoms with Gasteiger partial charge in [0.05, 0.1) is 19.8 Å². The number of pyridine rings is 1. The lowest BCUT2D eigenvalue weighted by atomic mass is 9.87. The molecule has 0 radical (unpaired) electrons. The molecule has 0 spiro atoms. The Hall–Kier alpha value is -2.84. The van der Waals surface area contributed by atoms with Crippen molar-refractivity contribution in [3.8, 4) is 11.5 Å². The van der Waals surface area contributed by atoms with E-state index in [1.165, 1.54) is 12.8 Å². The third-order valence-corrected chi connectivity index (χ3v) is 8.25. The van der Waals surface area contributed by atoms with E-state index in [1.807, 2.05) is 42.7 Å². The fourth-order valence-corrected chi connectivity index (χ4v) is 6.19. The van der Waals surface area contributed by atoms with Gasteiger partial charge in [-0.3, -0.25) is 14.5 Å². The molecular weight excluding hydrogens is 470 g/mol. The Morgan fingerprint density at radius 3 is 2.49 bits per heavy atom. The van der Waals surface area contributed by atoms with E-state index in [0.29, 0.717) is 31.1 Å². The molecule has 1 unspecified atom stereocenters. The molecule has 1 saturated carbocycles. The Morgan fingerprint density at radius 1 is 1.05 bits per heavy atom. The van der Waals surface area contributed by atoms with E-state index in [0.717, 1.165) is 63.4 Å². The highest BCUT2D eigenvalue weighted by atomic mass is 16.6. The van der Waals surface area contributed by atoms with Crippen LogP contribution in [0.4, 0.5) is 0 Å². The summed E-state index contributed by atoms with van der Waals surface area (Å²) < 4.78 is 19.6. The van der Waals surface area contributed by atoms with Crippen molar-refractivity contribution < 1.29 is 19.0 Å². The summed E-state index contributed by atoms with van der Waals surface area (Å²) >= 11 is 0. The van der Waals surface area contributed by atoms with E-state index in [2.05, 4.69) is 10.2 Å². The van der Waals surface area contributed by atoms with Crippen LogP contribution in [0.1, 0.15) is 60.3 Å². The van der Waals surface area contributed by atoms with Crippen LogP contribution in [0.5, 0.6) is 11.5 Å². The smallest absolute Gasteiger partial charge is 0.257 e. The normalized spacial score (nSPS) is 21.7. The molecule has 1 aliphatic carbocycles. The quantitative estimate of drug-likeness (QED) is 0.601. The van der Waals surface area contributed by atoms with Crippen molar-refractivity contribution in [3.63, 3.8) is 0 Å². The van der Waals surface area contributed by atoms with Crippen molar-refractivity contribution in [2.45, 2.75) is 70.6 Å². The summed E-state index contributed by atoms with van der Waals surface area (Å²) in [7, 11) is 0. The first-order valence-corrected chi connectivity index (χ1v) is 13.7. The Balaban J connectivity index is 1.34. The van der Waals surface area contributed by atoms with Gasteiger partial charge in [-0.25, -0.2) is 0 Å². The Kier molecular flexibility index (Phi) is 7.86. The summed E-state index contributed by atoms with van der Waals surface area (Å²) in [4.78, 5) is 29.1. The van der Waals surface area contributed by atoms with Crippen molar-refractivity contribution in [1.82, 2.24) is 14.8 Å². The number of ether oxygens (including phenoxy) is 3. The molecule has 200 valence electrons. The average molecular weight is 510 g/mol. The summed E-state index contributed by atoms with van der Waals surface area (Å²) in [5.74, 6) is 1.16. The van der Waals surface area contributed by atoms with Crippen LogP contribution in [0.2, 0.25) is 0 Å². The molecule has 8 nitrogen and oxygen atoms in total. The number of rotatable bonds is 6. The number of carbonyl (C=O) groups is 1. The van der Waals surface area contributed by atoms with Gasteiger partial charge in [-0.1, -0.05) is 37.8 Å². The molecule has 0 bridgehead atoms. The van der Waals surface area contributed by atoms with Gasteiger partial charge < -0.3 is 24.1 Å². The van der Waals surface area contributed by atoms with Gasteiger partial charge in [0, 0.05) is 42.6 Å². The molecule has 1 atom stereocenters. The van der Waals surface area contributed by atoms with Gasteiger partial charge in [-0.15, -0.1) is 0 Å². The third-order valence-electron chi connectivity index (χ3n) is 8.25. The Morgan fingerprint density at radius 2 is 1.76 bits per heavy atom. The summed E-state index contributed by atoms with van der Waals surface area (Å²) in [6.45, 7) is 8.43. The van der Waals surface area contributed by atoms with Crippen molar-refractivity contribution in [1.29, 1.82) is 0 Å². The number of carbonyl (C=O) groups excluding carboxylic acids is 1. The van der Waals surface area contributed by atoms with Crippen LogP contribution in [0, 0.1) is 13.8 Å². The first-order valence-electron chi connectivity index (χ1n) is 13.7. The van der Waals surface area contributed by atoms with Crippen molar-refractivity contribution in [2.75, 3.05) is 39.5 Å². The number of hydrogen-bond acceptors (Lipinski definition) is 6. The van der Waals surface area contributed by atoms with Crippen LogP contribution in [-0.2, 0) is 11.3 Å². The maximum atomic E-state index is 13.5. The molecule has 1 saturated heterocycles. The number of fused-ring (bicyclic) bond motifs is 1. The number of nitrogens with one attached hydrogen (secondary N) is 1. The van der Waals surface area contributed by atoms with Gasteiger partial charge >= 0.3 is 0 Å². The zero-order valence-electron chi connectivity index (χ0n) is 22.1. The molecule has 2 fully saturated rings. The zero-order valence-corrected chi connectivity index (χ0v) is 22.1. The minimum absolute atomic E-state index is 0.0752. The SMILES string of the molecule is Cc1cc(=O)c(C(=O)NCC2(N3CCOCC3)CCCCCC2)c(C)n1CC1COc2ccccc2O1. The lowest BCUT2D eigenvalue weighted by Crippen LogP contribution is -2.59. The second-order valence-electron chi connectivity index (χ2n) is 10.6. The number of morpholine rings is 1. The van der Waals surface area contributed by atoms with Crippen molar-refractivity contribution in [3.05, 3.63) is 57.5 Å². The molecule has 1 aromatic carbocycles. The third kappa shape index (κ3) is 5.55. The maximum absolute atomic E-state index is 13.5. The molecule has 8 heteroatoms. The van der Waals surface area contributed by atoms with E-state index in [1.54, 1.807) is 6.07 Å². The van der Waals surface area contributed by atoms with E-state index in [-0.39, 0.29) is 28.5 Å². The Labute approximate surface area is 218 Å². The van der Waals surface area contributed by atoms with Crippen LogP contribution in [0.3, 0.4) is 0 Å². The molecular formula is C29H39N3O5. The molecule has 37 heavy (non-hydrogen) atoms. The molecule has 5 rings (SSSR count). The average Bonchev–Trinajstić information content (AvgIpc) is 3.17. The maximum Gasteiger partial charge on any atom is 0.257 e. The van der Waals surface area contributed by atoms with E-state index >= 15 is 0 Å². The highest BCUT2D eigenvalue weighted by Gasteiger charge is 2.38. The van der Waals surface area contributed by atoms with Gasteiger partial charge in [0.25, 0.3) is 5.91 Å². The second-order valence-corrected chi connectivity index (χ2v) is 10.6. The van der Waals surface area contributed by atoms with Crippen LogP contribution < -0.4 is 20.2 Å². The fraction of sp³-hybridized carbons (Fsp3) is 0.586. The first-order chi connectivity index (χ1) is 18.0. The van der Waals surface area contributed by atoms with Gasteiger partial charge in [0.2, 0.25) is 0 Å². The number of nitrogens with zero attached hydrogens (tertiary/aromatic N) is 2. The number of para-hydroxylation sites is 2. The summed E-state index contributed by atoms with van der Waals surface area (Å²) in [6, 6.07) is 9.18. The van der Waals surface area contributed by atoms with Crippen LogP contribution >= 0.6 is 0 Å². The van der Waals surface area contributed by atoms with E-state index in [9.17, 15) is 9.59 Å². The van der Waals surface area contributed by atoms with Crippen molar-refractivity contribution >= 4 is 5.91 Å². The number of amides is 1. The molecule has 1 amide bonds. The minimum atomic E-state index is -0.292. The van der Waals surface area contributed by atoms with Gasteiger partial charge in [0.1, 0.15) is 12.2 Å². The highest BCUT2D eigenvalue weighted by Crippen LogP contribution is 2.33. The first kappa shape index (κ1) is 25.8. The lowest BCUT2D eigenvalue weighted by Gasteiger charge is -2.45. The number of aromatic nitrogens is 1. The number of benzene rings is 1. The van der Waals surface area contributed by atoms with E-state index in [4.69, 9.17) is 14.2 Å².